The van der Waals surface area contributed by atoms with Crippen LogP contribution < -0.4 is 4.74 Å². The van der Waals surface area contributed by atoms with Crippen molar-refractivity contribution < 1.29 is 9.53 Å². The van der Waals surface area contributed by atoms with Gasteiger partial charge in [-0.2, -0.15) is 5.10 Å². The van der Waals surface area contributed by atoms with E-state index >= 15 is 0 Å². The zero-order valence-electron chi connectivity index (χ0n) is 9.18. The topological polar surface area (TPSA) is 44.1 Å². The molecule has 0 unspecified atom stereocenters. The average molecular weight is 216 g/mol. The third kappa shape index (κ3) is 2.11. The summed E-state index contributed by atoms with van der Waals surface area (Å²) in [5.74, 6) is 1.34. The summed E-state index contributed by atoms with van der Waals surface area (Å²) in [6.45, 7) is 1.93. The summed E-state index contributed by atoms with van der Waals surface area (Å²) < 4.78 is 7.29. The summed E-state index contributed by atoms with van der Waals surface area (Å²) in [5, 5.41) is 4.01. The fourth-order valence-electron chi connectivity index (χ4n) is 1.38. The van der Waals surface area contributed by atoms with Gasteiger partial charge < -0.3 is 4.74 Å². The van der Waals surface area contributed by atoms with Gasteiger partial charge in [0.15, 0.2) is 5.75 Å². The van der Waals surface area contributed by atoms with Crippen LogP contribution in [0.4, 0.5) is 0 Å². The molecule has 0 bridgehead atoms. The molecule has 0 amide bonds. The monoisotopic (exact) mass is 216 g/mol. The van der Waals surface area contributed by atoms with Crippen molar-refractivity contribution in [2.24, 2.45) is 7.05 Å². The Labute approximate surface area is 93.5 Å². The van der Waals surface area contributed by atoms with Gasteiger partial charge in [0.25, 0.3) is 0 Å². The van der Waals surface area contributed by atoms with Crippen molar-refractivity contribution in [2.75, 3.05) is 0 Å². The lowest BCUT2D eigenvalue weighted by molar-refractivity contribution is 0.112. The molecule has 1 aromatic heterocycles. The Bertz CT molecular complexity index is 517. The second kappa shape index (κ2) is 4.18. The summed E-state index contributed by atoms with van der Waals surface area (Å²) in [7, 11) is 1.82. The molecule has 0 aliphatic heterocycles. The molecule has 0 fully saturated rings. The van der Waals surface area contributed by atoms with E-state index < -0.39 is 0 Å². The van der Waals surface area contributed by atoms with Crippen molar-refractivity contribution >= 4 is 6.29 Å². The molecule has 82 valence electrons. The Morgan fingerprint density at radius 3 is 2.88 bits per heavy atom. The molecule has 0 aliphatic rings. The summed E-state index contributed by atoms with van der Waals surface area (Å²) in [5.41, 5.74) is 1.58. The van der Waals surface area contributed by atoms with Crippen LogP contribution in [0.15, 0.2) is 30.6 Å². The number of carbonyl (C=O) groups is 1. The van der Waals surface area contributed by atoms with Crippen molar-refractivity contribution in [2.45, 2.75) is 6.92 Å². The normalized spacial score (nSPS) is 10.1. The first-order valence-electron chi connectivity index (χ1n) is 4.91. The quantitative estimate of drug-likeness (QED) is 0.739. The van der Waals surface area contributed by atoms with Crippen LogP contribution in [-0.4, -0.2) is 16.1 Å². The van der Waals surface area contributed by atoms with Crippen LogP contribution >= 0.6 is 0 Å². The molecule has 0 radical (unpaired) electrons. The minimum atomic E-state index is 0.601. The second-order valence-corrected chi connectivity index (χ2v) is 3.59. The number of aryl methyl sites for hydroxylation is 2. The molecule has 16 heavy (non-hydrogen) atoms. The zero-order valence-corrected chi connectivity index (χ0v) is 9.18. The first-order valence-corrected chi connectivity index (χ1v) is 4.91. The fraction of sp³-hybridized carbons (Fsp3) is 0.167. The smallest absolute Gasteiger partial charge is 0.165 e. The number of benzene rings is 1. The van der Waals surface area contributed by atoms with Gasteiger partial charge in [-0.05, 0) is 18.6 Å². The van der Waals surface area contributed by atoms with Gasteiger partial charge in [0, 0.05) is 12.6 Å². The number of nitrogens with zero attached hydrogens (tertiary/aromatic N) is 2. The lowest BCUT2D eigenvalue weighted by atomic mass is 10.1. The van der Waals surface area contributed by atoms with Crippen LogP contribution in [-0.2, 0) is 7.05 Å². The summed E-state index contributed by atoms with van der Waals surface area (Å²) in [6, 6.07) is 5.34. The molecule has 4 heteroatoms. The van der Waals surface area contributed by atoms with Gasteiger partial charge in [-0.15, -0.1) is 0 Å². The Balaban J connectivity index is 2.29. The lowest BCUT2D eigenvalue weighted by Gasteiger charge is -2.06. The first-order chi connectivity index (χ1) is 7.69. The number of hydrogen-bond donors (Lipinski definition) is 0. The van der Waals surface area contributed by atoms with Crippen molar-refractivity contribution in [3.8, 4) is 11.5 Å². The number of hydrogen-bond acceptors (Lipinski definition) is 3. The standard InChI is InChI=1S/C12H12N2O2/c1-9-3-4-10(8-15)5-12(9)16-11-6-13-14(2)7-11/h3-8H,1-2H3. The van der Waals surface area contributed by atoms with Crippen LogP contribution in [0, 0.1) is 6.92 Å². The van der Waals surface area contributed by atoms with E-state index in [0.29, 0.717) is 17.1 Å². The van der Waals surface area contributed by atoms with Crippen molar-refractivity contribution in [3.05, 3.63) is 41.7 Å². The average Bonchev–Trinajstić information content (AvgIpc) is 2.67. The predicted molar refractivity (Wildman–Crippen MR) is 59.8 cm³/mol. The number of carbonyl (C=O) groups excluding carboxylic acids is 1. The van der Waals surface area contributed by atoms with E-state index in [-0.39, 0.29) is 0 Å². The molecule has 0 atom stereocenters. The molecule has 0 aliphatic carbocycles. The predicted octanol–water partition coefficient (Wildman–Crippen LogP) is 2.33. The van der Waals surface area contributed by atoms with Gasteiger partial charge in [0.1, 0.15) is 12.0 Å². The number of aldehydes is 1. The van der Waals surface area contributed by atoms with Gasteiger partial charge in [0.2, 0.25) is 0 Å². The van der Waals surface area contributed by atoms with Crippen LogP contribution in [0.1, 0.15) is 15.9 Å². The van der Waals surface area contributed by atoms with Crippen molar-refractivity contribution in [3.63, 3.8) is 0 Å². The largest absolute Gasteiger partial charge is 0.454 e. The Kier molecular flexibility index (Phi) is 2.72. The van der Waals surface area contributed by atoms with E-state index in [1.54, 1.807) is 29.2 Å². The van der Waals surface area contributed by atoms with Crippen molar-refractivity contribution in [1.82, 2.24) is 9.78 Å². The molecule has 1 heterocycles. The SMILES string of the molecule is Cc1ccc(C=O)cc1Oc1cnn(C)c1. The molecule has 0 N–H and O–H groups in total. The van der Waals surface area contributed by atoms with Crippen LogP contribution in [0.25, 0.3) is 0 Å². The summed E-state index contributed by atoms with van der Waals surface area (Å²) >= 11 is 0. The van der Waals surface area contributed by atoms with Gasteiger partial charge in [0.05, 0.1) is 12.4 Å². The Morgan fingerprint density at radius 2 is 2.25 bits per heavy atom. The molecule has 1 aromatic carbocycles. The van der Waals surface area contributed by atoms with Crippen LogP contribution in [0.3, 0.4) is 0 Å². The van der Waals surface area contributed by atoms with Gasteiger partial charge in [-0.3, -0.25) is 9.48 Å². The first kappa shape index (κ1) is 10.4. The van der Waals surface area contributed by atoms with Crippen molar-refractivity contribution in [1.29, 1.82) is 0 Å². The highest BCUT2D eigenvalue weighted by Gasteiger charge is 2.04. The van der Waals surface area contributed by atoms with Gasteiger partial charge in [-0.25, -0.2) is 0 Å². The molecular weight excluding hydrogens is 204 g/mol. The molecule has 2 aromatic rings. The van der Waals surface area contributed by atoms with Gasteiger partial charge in [-0.1, -0.05) is 12.1 Å². The van der Waals surface area contributed by atoms with Crippen LogP contribution in [0.5, 0.6) is 11.5 Å². The van der Waals surface area contributed by atoms with E-state index in [1.807, 2.05) is 20.0 Å². The number of aromatic nitrogens is 2. The van der Waals surface area contributed by atoms with Crippen LogP contribution in [0.2, 0.25) is 0 Å². The molecule has 0 saturated heterocycles. The number of rotatable bonds is 3. The molecule has 4 nitrogen and oxygen atoms in total. The second-order valence-electron chi connectivity index (χ2n) is 3.59. The van der Waals surface area contributed by atoms with E-state index in [2.05, 4.69) is 5.10 Å². The van der Waals surface area contributed by atoms with E-state index in [4.69, 9.17) is 4.74 Å². The summed E-state index contributed by atoms with van der Waals surface area (Å²) in [4.78, 5) is 10.7. The molecule has 0 saturated carbocycles. The molecule has 0 spiro atoms. The number of ether oxygens (including phenoxy) is 1. The summed E-state index contributed by atoms with van der Waals surface area (Å²) in [6.07, 6.45) is 4.20. The highest BCUT2D eigenvalue weighted by molar-refractivity contribution is 5.75. The fourth-order valence-corrected chi connectivity index (χ4v) is 1.38. The highest BCUT2D eigenvalue weighted by Crippen LogP contribution is 2.25. The zero-order chi connectivity index (χ0) is 11.5. The Morgan fingerprint density at radius 1 is 1.44 bits per heavy atom. The molecule has 2 rings (SSSR count). The van der Waals surface area contributed by atoms with E-state index in [1.165, 1.54) is 0 Å². The molecular formula is C12H12N2O2. The third-order valence-electron chi connectivity index (χ3n) is 2.26. The maximum Gasteiger partial charge on any atom is 0.165 e. The van der Waals surface area contributed by atoms with E-state index in [0.717, 1.165) is 11.8 Å². The lowest BCUT2D eigenvalue weighted by Crippen LogP contribution is -1.89. The maximum atomic E-state index is 10.7. The van der Waals surface area contributed by atoms with E-state index in [9.17, 15) is 4.79 Å². The minimum absolute atomic E-state index is 0.601. The minimum Gasteiger partial charge on any atom is -0.454 e. The van der Waals surface area contributed by atoms with Gasteiger partial charge >= 0.3 is 0 Å². The Hall–Kier alpha value is -2.10. The third-order valence-corrected chi connectivity index (χ3v) is 2.26. The highest BCUT2D eigenvalue weighted by atomic mass is 16.5. The maximum absolute atomic E-state index is 10.7.